The molecule has 0 amide bonds. The van der Waals surface area contributed by atoms with Gasteiger partial charge in [0, 0.05) is 6.04 Å². The summed E-state index contributed by atoms with van der Waals surface area (Å²) in [6, 6.07) is 3.33. The molecule has 1 aromatic rings. The maximum absolute atomic E-state index is 9.29. The second-order valence-corrected chi connectivity index (χ2v) is 3.19. The van der Waals surface area contributed by atoms with Crippen molar-refractivity contribution >= 4 is 6.08 Å². The number of fused-ring (bicyclic) bond motifs is 1. The number of nitrogens with one attached hydrogen (secondary N) is 1. The summed E-state index contributed by atoms with van der Waals surface area (Å²) in [5, 5.41) is 21.7. The Bertz CT molecular complexity index is 371. The van der Waals surface area contributed by atoms with Gasteiger partial charge in [-0.25, -0.2) is 0 Å². The average molecular weight is 177 g/mol. The predicted molar refractivity (Wildman–Crippen MR) is 50.4 cm³/mol. The van der Waals surface area contributed by atoms with E-state index >= 15 is 0 Å². The molecule has 0 bridgehead atoms. The normalized spacial score (nSPS) is 19.3. The monoisotopic (exact) mass is 177 g/mol. The zero-order valence-corrected chi connectivity index (χ0v) is 7.28. The fourth-order valence-corrected chi connectivity index (χ4v) is 1.50. The number of phenolic OH excluding ortho intramolecular Hbond substituents is 2. The van der Waals surface area contributed by atoms with E-state index in [9.17, 15) is 10.2 Å². The van der Waals surface area contributed by atoms with Gasteiger partial charge in [-0.3, -0.25) is 0 Å². The molecule has 68 valence electrons. The van der Waals surface area contributed by atoms with Crippen LogP contribution in [0.2, 0.25) is 0 Å². The first-order chi connectivity index (χ1) is 6.18. The van der Waals surface area contributed by atoms with E-state index in [1.54, 1.807) is 12.1 Å². The molecule has 0 radical (unpaired) electrons. The highest BCUT2D eigenvalue weighted by molar-refractivity contribution is 5.62. The molecule has 0 saturated heterocycles. The van der Waals surface area contributed by atoms with E-state index in [0.717, 1.165) is 11.1 Å². The molecule has 1 atom stereocenters. The van der Waals surface area contributed by atoms with Gasteiger partial charge in [-0.2, -0.15) is 0 Å². The Hall–Kier alpha value is -1.64. The van der Waals surface area contributed by atoms with E-state index in [2.05, 4.69) is 5.32 Å². The van der Waals surface area contributed by atoms with Gasteiger partial charge in [0.25, 0.3) is 0 Å². The lowest BCUT2D eigenvalue weighted by molar-refractivity contribution is 0.402. The SMILES string of the molecule is CC1NC=Cc2cc(O)c(O)cc21. The molecule has 13 heavy (non-hydrogen) atoms. The van der Waals surface area contributed by atoms with E-state index in [0.29, 0.717) is 0 Å². The minimum atomic E-state index is -0.0718. The van der Waals surface area contributed by atoms with Crippen molar-refractivity contribution in [1.82, 2.24) is 5.32 Å². The fraction of sp³-hybridized carbons (Fsp3) is 0.200. The maximum Gasteiger partial charge on any atom is 0.158 e. The molecule has 2 rings (SSSR count). The standard InChI is InChI=1S/C10H11NO2/c1-6-8-5-10(13)9(12)4-7(8)2-3-11-6/h2-6,11-13H,1H3. The van der Waals surface area contributed by atoms with E-state index in [-0.39, 0.29) is 17.5 Å². The van der Waals surface area contributed by atoms with Crippen LogP contribution in [0.3, 0.4) is 0 Å². The van der Waals surface area contributed by atoms with Gasteiger partial charge in [0.2, 0.25) is 0 Å². The zero-order valence-electron chi connectivity index (χ0n) is 7.28. The van der Waals surface area contributed by atoms with E-state index in [4.69, 9.17) is 0 Å². The summed E-state index contributed by atoms with van der Waals surface area (Å²) < 4.78 is 0. The first-order valence-electron chi connectivity index (χ1n) is 4.17. The Morgan fingerprint density at radius 2 is 1.92 bits per heavy atom. The minimum Gasteiger partial charge on any atom is -0.504 e. The molecule has 3 N–H and O–H groups in total. The summed E-state index contributed by atoms with van der Waals surface area (Å²) >= 11 is 0. The lowest BCUT2D eigenvalue weighted by atomic mass is 9.98. The molecule has 0 fully saturated rings. The van der Waals surface area contributed by atoms with Crippen LogP contribution in [-0.2, 0) is 0 Å². The van der Waals surface area contributed by atoms with E-state index in [1.807, 2.05) is 19.2 Å². The van der Waals surface area contributed by atoms with Crippen LogP contribution in [-0.4, -0.2) is 10.2 Å². The molecule has 3 nitrogen and oxygen atoms in total. The topological polar surface area (TPSA) is 52.5 Å². The van der Waals surface area contributed by atoms with E-state index < -0.39 is 0 Å². The highest BCUT2D eigenvalue weighted by Gasteiger charge is 2.14. The number of hydrogen-bond acceptors (Lipinski definition) is 3. The number of rotatable bonds is 0. The van der Waals surface area contributed by atoms with Crippen molar-refractivity contribution in [3.63, 3.8) is 0 Å². The predicted octanol–water partition coefficient (Wildman–Crippen LogP) is 1.73. The van der Waals surface area contributed by atoms with Crippen LogP contribution in [0.25, 0.3) is 6.08 Å². The highest BCUT2D eigenvalue weighted by atomic mass is 16.3. The van der Waals surface area contributed by atoms with Crippen molar-refractivity contribution in [2.24, 2.45) is 0 Å². The van der Waals surface area contributed by atoms with Gasteiger partial charge in [-0.05, 0) is 42.5 Å². The van der Waals surface area contributed by atoms with Crippen LogP contribution in [0.4, 0.5) is 0 Å². The van der Waals surface area contributed by atoms with Gasteiger partial charge in [0.15, 0.2) is 11.5 Å². The summed E-state index contributed by atoms with van der Waals surface area (Å²) in [7, 11) is 0. The third-order valence-corrected chi connectivity index (χ3v) is 2.26. The van der Waals surface area contributed by atoms with Gasteiger partial charge in [-0.15, -0.1) is 0 Å². The van der Waals surface area contributed by atoms with Crippen LogP contribution >= 0.6 is 0 Å². The van der Waals surface area contributed by atoms with E-state index in [1.165, 1.54) is 0 Å². The van der Waals surface area contributed by atoms with Crippen molar-refractivity contribution < 1.29 is 10.2 Å². The van der Waals surface area contributed by atoms with Gasteiger partial charge < -0.3 is 15.5 Å². The third kappa shape index (κ3) is 1.22. The Balaban J connectivity index is 2.60. The number of phenols is 2. The van der Waals surface area contributed by atoms with Gasteiger partial charge in [0.1, 0.15) is 0 Å². The molecule has 0 aliphatic carbocycles. The van der Waals surface area contributed by atoms with Crippen molar-refractivity contribution in [1.29, 1.82) is 0 Å². The average Bonchev–Trinajstić information content (AvgIpc) is 2.09. The molecular formula is C10H11NO2. The molecule has 1 heterocycles. The second-order valence-electron chi connectivity index (χ2n) is 3.19. The van der Waals surface area contributed by atoms with Gasteiger partial charge in [0.05, 0.1) is 0 Å². The largest absolute Gasteiger partial charge is 0.504 e. The number of aromatic hydroxyl groups is 2. The Morgan fingerprint density at radius 1 is 1.23 bits per heavy atom. The lowest BCUT2D eigenvalue weighted by Gasteiger charge is -2.20. The summed E-state index contributed by atoms with van der Waals surface area (Å²) in [4.78, 5) is 0. The second kappa shape index (κ2) is 2.69. The minimum absolute atomic E-state index is 0.0669. The van der Waals surface area contributed by atoms with Gasteiger partial charge >= 0.3 is 0 Å². The Morgan fingerprint density at radius 3 is 2.69 bits per heavy atom. The quantitative estimate of drug-likeness (QED) is 0.529. The van der Waals surface area contributed by atoms with Crippen molar-refractivity contribution in [3.8, 4) is 11.5 Å². The van der Waals surface area contributed by atoms with Crippen LogP contribution in [0.1, 0.15) is 24.1 Å². The van der Waals surface area contributed by atoms with Crippen LogP contribution < -0.4 is 5.32 Å². The Labute approximate surface area is 76.3 Å². The third-order valence-electron chi connectivity index (χ3n) is 2.26. The summed E-state index contributed by atoms with van der Waals surface area (Å²) in [5.41, 5.74) is 1.94. The molecule has 0 spiro atoms. The van der Waals surface area contributed by atoms with Crippen LogP contribution in [0.15, 0.2) is 18.3 Å². The van der Waals surface area contributed by atoms with Crippen LogP contribution in [0, 0.1) is 0 Å². The summed E-state index contributed by atoms with van der Waals surface area (Å²) in [5.74, 6) is -0.139. The van der Waals surface area contributed by atoms with Gasteiger partial charge in [-0.1, -0.05) is 0 Å². The van der Waals surface area contributed by atoms with Crippen molar-refractivity contribution in [2.75, 3.05) is 0 Å². The molecule has 0 saturated carbocycles. The van der Waals surface area contributed by atoms with Crippen LogP contribution in [0.5, 0.6) is 11.5 Å². The molecule has 1 aliphatic heterocycles. The first-order valence-corrected chi connectivity index (χ1v) is 4.17. The molecule has 1 aliphatic rings. The van der Waals surface area contributed by atoms with Crippen molar-refractivity contribution in [2.45, 2.75) is 13.0 Å². The smallest absolute Gasteiger partial charge is 0.158 e. The highest BCUT2D eigenvalue weighted by Crippen LogP contribution is 2.33. The zero-order chi connectivity index (χ0) is 9.42. The summed E-state index contributed by atoms with van der Waals surface area (Å²) in [6.45, 7) is 2.00. The summed E-state index contributed by atoms with van der Waals surface area (Å²) in [6.07, 6.45) is 3.71. The molecule has 1 aromatic carbocycles. The number of hydrogen-bond donors (Lipinski definition) is 3. The molecular weight excluding hydrogens is 166 g/mol. The van der Waals surface area contributed by atoms with Crippen molar-refractivity contribution in [3.05, 3.63) is 29.5 Å². The molecule has 3 heteroatoms. The Kier molecular flexibility index (Phi) is 1.65. The maximum atomic E-state index is 9.29. The fourth-order valence-electron chi connectivity index (χ4n) is 1.50. The lowest BCUT2D eigenvalue weighted by Crippen LogP contribution is -2.15. The first kappa shape index (κ1) is 7.98. The number of benzene rings is 1. The molecule has 1 unspecified atom stereocenters. The molecule has 0 aromatic heterocycles.